The van der Waals surface area contributed by atoms with Gasteiger partial charge in [0.15, 0.2) is 5.41 Å². The Hall–Kier alpha value is -2.55. The zero-order valence-corrected chi connectivity index (χ0v) is 10.7. The van der Waals surface area contributed by atoms with Crippen LogP contribution in [0.2, 0.25) is 0 Å². The molecule has 108 valence electrons. The molecule has 0 aliphatic heterocycles. The molecule has 0 spiro atoms. The number of carbonyl (C=O) groups is 1. The Morgan fingerprint density at radius 1 is 1.33 bits per heavy atom. The van der Waals surface area contributed by atoms with Gasteiger partial charge >= 0.3 is 12.1 Å². The average Bonchev–Trinajstić information content (AvgIpc) is 2.46. The van der Waals surface area contributed by atoms with Gasteiger partial charge in [-0.25, -0.2) is 0 Å². The standard InChI is InChI=1S/C15H10F3NO2/c16-15(17,18)14(13(20)21)7-5-10(6-8-14)12-4-2-1-3-11(12)9-19/h1-7H,8H2,(H,20,21). The fourth-order valence-electron chi connectivity index (χ4n) is 2.16. The molecule has 0 bridgehead atoms. The van der Waals surface area contributed by atoms with E-state index in [0.29, 0.717) is 22.8 Å². The minimum absolute atomic E-state index is 0.322. The highest BCUT2D eigenvalue weighted by Gasteiger charge is 2.59. The summed E-state index contributed by atoms with van der Waals surface area (Å²) in [6.07, 6.45) is -2.61. The van der Waals surface area contributed by atoms with E-state index in [9.17, 15) is 18.0 Å². The van der Waals surface area contributed by atoms with E-state index in [2.05, 4.69) is 0 Å². The van der Waals surface area contributed by atoms with Gasteiger partial charge in [0, 0.05) is 0 Å². The average molecular weight is 293 g/mol. The van der Waals surface area contributed by atoms with Crippen LogP contribution < -0.4 is 0 Å². The molecule has 0 heterocycles. The van der Waals surface area contributed by atoms with Crippen molar-refractivity contribution in [3.63, 3.8) is 0 Å². The maximum atomic E-state index is 13.0. The van der Waals surface area contributed by atoms with Gasteiger partial charge in [0.25, 0.3) is 0 Å². The minimum Gasteiger partial charge on any atom is -0.480 e. The molecular weight excluding hydrogens is 283 g/mol. The minimum atomic E-state index is -4.88. The van der Waals surface area contributed by atoms with Crippen molar-refractivity contribution in [3.05, 3.63) is 53.6 Å². The second-order valence-corrected chi connectivity index (χ2v) is 4.63. The first-order valence-corrected chi connectivity index (χ1v) is 6.01. The van der Waals surface area contributed by atoms with Crippen LogP contribution in [-0.2, 0) is 4.79 Å². The van der Waals surface area contributed by atoms with Crippen LogP contribution in [-0.4, -0.2) is 17.3 Å². The van der Waals surface area contributed by atoms with Crippen molar-refractivity contribution in [3.8, 4) is 6.07 Å². The summed E-state index contributed by atoms with van der Waals surface area (Å²) in [6.45, 7) is 0. The fraction of sp³-hybridized carbons (Fsp3) is 0.200. The fourth-order valence-corrected chi connectivity index (χ4v) is 2.16. The molecule has 3 nitrogen and oxygen atoms in total. The molecule has 1 N–H and O–H groups in total. The quantitative estimate of drug-likeness (QED) is 0.907. The zero-order chi connectivity index (χ0) is 15.7. The summed E-state index contributed by atoms with van der Waals surface area (Å²) in [5, 5.41) is 17.9. The molecule has 0 aromatic heterocycles. The normalized spacial score (nSPS) is 21.5. The molecule has 1 aromatic rings. The van der Waals surface area contributed by atoms with E-state index in [1.807, 2.05) is 6.07 Å². The van der Waals surface area contributed by atoms with E-state index < -0.39 is 24.0 Å². The Balaban J connectivity index is 2.42. The first-order chi connectivity index (χ1) is 9.82. The molecule has 0 saturated heterocycles. The molecule has 1 atom stereocenters. The summed E-state index contributed by atoms with van der Waals surface area (Å²) < 4.78 is 39.0. The summed E-state index contributed by atoms with van der Waals surface area (Å²) in [4.78, 5) is 11.0. The molecular formula is C15H10F3NO2. The number of carboxylic acids is 1. The van der Waals surface area contributed by atoms with Crippen molar-refractivity contribution in [2.45, 2.75) is 12.6 Å². The van der Waals surface area contributed by atoms with Crippen LogP contribution in [0.25, 0.3) is 5.57 Å². The van der Waals surface area contributed by atoms with Gasteiger partial charge in [-0.2, -0.15) is 18.4 Å². The maximum absolute atomic E-state index is 13.0. The highest BCUT2D eigenvalue weighted by molar-refractivity contribution is 5.85. The SMILES string of the molecule is N#Cc1ccccc1C1=CCC(C(=O)O)(C(F)(F)F)C=C1. The van der Waals surface area contributed by atoms with Gasteiger partial charge in [-0.05, 0) is 23.6 Å². The number of nitriles is 1. The van der Waals surface area contributed by atoms with Crippen LogP contribution in [0.15, 0.2) is 42.5 Å². The number of alkyl halides is 3. The Labute approximate surface area is 118 Å². The molecule has 0 fully saturated rings. The van der Waals surface area contributed by atoms with Gasteiger partial charge < -0.3 is 5.11 Å². The highest BCUT2D eigenvalue weighted by atomic mass is 19.4. The van der Waals surface area contributed by atoms with E-state index >= 15 is 0 Å². The molecule has 1 aliphatic carbocycles. The summed E-state index contributed by atoms with van der Waals surface area (Å²) >= 11 is 0. The molecule has 2 rings (SSSR count). The van der Waals surface area contributed by atoms with Crippen LogP contribution in [0, 0.1) is 16.7 Å². The second kappa shape index (κ2) is 5.09. The molecule has 21 heavy (non-hydrogen) atoms. The summed E-state index contributed by atoms with van der Waals surface area (Å²) in [5.74, 6) is -1.94. The lowest BCUT2D eigenvalue weighted by molar-refractivity contribution is -0.216. The van der Waals surface area contributed by atoms with E-state index in [1.165, 1.54) is 6.08 Å². The topological polar surface area (TPSA) is 61.1 Å². The van der Waals surface area contributed by atoms with Gasteiger partial charge in [-0.15, -0.1) is 0 Å². The number of halogens is 3. The lowest BCUT2D eigenvalue weighted by Gasteiger charge is -2.30. The molecule has 1 unspecified atom stereocenters. The number of allylic oxidation sites excluding steroid dienone is 3. The first-order valence-electron chi connectivity index (χ1n) is 6.01. The van der Waals surface area contributed by atoms with Crippen LogP contribution in [0.1, 0.15) is 17.5 Å². The van der Waals surface area contributed by atoms with Crippen LogP contribution in [0.5, 0.6) is 0 Å². The predicted octanol–water partition coefficient (Wildman–Crippen LogP) is 3.53. The Morgan fingerprint density at radius 2 is 2.00 bits per heavy atom. The molecule has 0 amide bonds. The predicted molar refractivity (Wildman–Crippen MR) is 69.0 cm³/mol. The third-order valence-electron chi connectivity index (χ3n) is 3.44. The van der Waals surface area contributed by atoms with Gasteiger partial charge in [0.05, 0.1) is 11.6 Å². The lowest BCUT2D eigenvalue weighted by Crippen LogP contribution is -2.43. The number of hydrogen-bond acceptors (Lipinski definition) is 2. The maximum Gasteiger partial charge on any atom is 0.408 e. The van der Waals surface area contributed by atoms with Gasteiger partial charge in [-0.1, -0.05) is 36.4 Å². The third-order valence-corrected chi connectivity index (χ3v) is 3.44. The number of rotatable bonds is 2. The smallest absolute Gasteiger partial charge is 0.408 e. The first kappa shape index (κ1) is 14.9. The van der Waals surface area contributed by atoms with Crippen molar-refractivity contribution >= 4 is 11.5 Å². The van der Waals surface area contributed by atoms with Crippen LogP contribution >= 0.6 is 0 Å². The van der Waals surface area contributed by atoms with Gasteiger partial charge in [0.1, 0.15) is 0 Å². The van der Waals surface area contributed by atoms with E-state index in [4.69, 9.17) is 10.4 Å². The van der Waals surface area contributed by atoms with E-state index in [0.717, 1.165) is 6.08 Å². The second-order valence-electron chi connectivity index (χ2n) is 4.63. The summed E-state index contributed by atoms with van der Waals surface area (Å²) in [5.41, 5.74) is -1.69. The summed E-state index contributed by atoms with van der Waals surface area (Å²) in [7, 11) is 0. The van der Waals surface area contributed by atoms with Crippen molar-refractivity contribution in [2.75, 3.05) is 0 Å². The van der Waals surface area contributed by atoms with E-state index in [-0.39, 0.29) is 0 Å². The zero-order valence-electron chi connectivity index (χ0n) is 10.7. The number of aliphatic carboxylic acids is 1. The Kier molecular flexibility index (Phi) is 3.60. The molecule has 1 aliphatic rings. The summed E-state index contributed by atoms with van der Waals surface area (Å²) in [6, 6.07) is 8.41. The molecule has 6 heteroatoms. The van der Waals surface area contributed by atoms with Crippen LogP contribution in [0.4, 0.5) is 13.2 Å². The van der Waals surface area contributed by atoms with Crippen molar-refractivity contribution < 1.29 is 23.1 Å². The van der Waals surface area contributed by atoms with E-state index in [1.54, 1.807) is 24.3 Å². The van der Waals surface area contributed by atoms with Crippen LogP contribution in [0.3, 0.4) is 0 Å². The largest absolute Gasteiger partial charge is 0.480 e. The molecule has 0 saturated carbocycles. The van der Waals surface area contributed by atoms with Crippen molar-refractivity contribution in [1.82, 2.24) is 0 Å². The Morgan fingerprint density at radius 3 is 2.48 bits per heavy atom. The van der Waals surface area contributed by atoms with Crippen molar-refractivity contribution in [2.24, 2.45) is 5.41 Å². The number of nitrogens with zero attached hydrogens (tertiary/aromatic N) is 1. The Bertz CT molecular complexity index is 683. The molecule has 1 aromatic carbocycles. The number of carboxylic acid groups (broad SMARTS) is 1. The monoisotopic (exact) mass is 293 g/mol. The number of hydrogen-bond donors (Lipinski definition) is 1. The number of benzene rings is 1. The van der Waals surface area contributed by atoms with Gasteiger partial charge in [-0.3, -0.25) is 4.79 Å². The molecule has 0 radical (unpaired) electrons. The third kappa shape index (κ3) is 2.42. The lowest BCUT2D eigenvalue weighted by atomic mass is 9.78. The van der Waals surface area contributed by atoms with Gasteiger partial charge in [0.2, 0.25) is 0 Å². The highest BCUT2D eigenvalue weighted by Crippen LogP contribution is 2.46. The van der Waals surface area contributed by atoms with Crippen molar-refractivity contribution in [1.29, 1.82) is 5.26 Å².